The lowest BCUT2D eigenvalue weighted by Crippen LogP contribution is -2.03. The molecule has 0 aromatic carbocycles. The number of carbonyl (C=O) groups excluding carboxylic acids is 1. The molecular formula is C11H10N2O4S. The summed E-state index contributed by atoms with van der Waals surface area (Å²) >= 11 is 1.18. The third-order valence-corrected chi connectivity index (χ3v) is 3.65. The first-order valence-corrected chi connectivity index (χ1v) is 6.07. The Morgan fingerprint density at radius 2 is 2.33 bits per heavy atom. The average Bonchev–Trinajstić information content (AvgIpc) is 2.67. The molecule has 94 valence electrons. The van der Waals surface area contributed by atoms with Gasteiger partial charge in [0.15, 0.2) is 0 Å². The van der Waals surface area contributed by atoms with E-state index in [0.29, 0.717) is 27.3 Å². The highest BCUT2D eigenvalue weighted by Gasteiger charge is 2.19. The molecule has 0 unspecified atom stereocenters. The molecule has 2 aromatic rings. The first-order valence-electron chi connectivity index (χ1n) is 5.25. The molecule has 2 heterocycles. The average molecular weight is 266 g/mol. The minimum atomic E-state index is -0.506. The number of thiophene rings is 1. The SMILES string of the molecule is CCOC(=O)c1sc2ncc([N+](=O)[O-])cc2c1C. The Bertz CT molecular complexity index is 635. The van der Waals surface area contributed by atoms with Gasteiger partial charge in [-0.3, -0.25) is 10.1 Å². The number of nitrogens with zero attached hydrogens (tertiary/aromatic N) is 2. The van der Waals surface area contributed by atoms with Gasteiger partial charge >= 0.3 is 5.97 Å². The second-order valence-corrected chi connectivity index (χ2v) is 4.58. The summed E-state index contributed by atoms with van der Waals surface area (Å²) in [4.78, 5) is 26.9. The quantitative estimate of drug-likeness (QED) is 0.484. The molecule has 0 saturated carbocycles. The van der Waals surface area contributed by atoms with Crippen molar-refractivity contribution in [3.05, 3.63) is 32.8 Å². The Morgan fingerprint density at radius 3 is 2.94 bits per heavy atom. The van der Waals surface area contributed by atoms with Crippen molar-refractivity contribution in [1.29, 1.82) is 0 Å². The Balaban J connectivity index is 2.56. The van der Waals surface area contributed by atoms with Gasteiger partial charge in [-0.15, -0.1) is 11.3 Å². The largest absolute Gasteiger partial charge is 0.462 e. The summed E-state index contributed by atoms with van der Waals surface area (Å²) in [5.41, 5.74) is 0.587. The number of pyridine rings is 1. The molecule has 0 spiro atoms. The summed E-state index contributed by atoms with van der Waals surface area (Å²) in [5.74, 6) is -0.416. The van der Waals surface area contributed by atoms with Crippen LogP contribution in [0.15, 0.2) is 12.3 Å². The first-order chi connectivity index (χ1) is 8.54. The van der Waals surface area contributed by atoms with Crippen LogP contribution in [-0.4, -0.2) is 22.5 Å². The summed E-state index contributed by atoms with van der Waals surface area (Å²) in [7, 11) is 0. The highest BCUT2D eigenvalue weighted by molar-refractivity contribution is 7.20. The van der Waals surface area contributed by atoms with E-state index in [0.717, 1.165) is 0 Å². The molecule has 0 amide bonds. The molecular weight excluding hydrogens is 256 g/mol. The fourth-order valence-corrected chi connectivity index (χ4v) is 2.60. The number of hydrogen-bond donors (Lipinski definition) is 0. The van der Waals surface area contributed by atoms with Crippen molar-refractivity contribution < 1.29 is 14.5 Å². The molecule has 0 radical (unpaired) electrons. The second kappa shape index (κ2) is 4.69. The molecule has 0 aliphatic carbocycles. The summed E-state index contributed by atoms with van der Waals surface area (Å²) in [6, 6.07) is 1.43. The topological polar surface area (TPSA) is 82.3 Å². The summed E-state index contributed by atoms with van der Waals surface area (Å²) in [6.07, 6.45) is 1.19. The van der Waals surface area contributed by atoms with E-state index in [-0.39, 0.29) is 5.69 Å². The van der Waals surface area contributed by atoms with Crippen molar-refractivity contribution >= 4 is 33.2 Å². The molecule has 0 N–H and O–H groups in total. The minimum absolute atomic E-state index is 0.0844. The van der Waals surface area contributed by atoms with Crippen molar-refractivity contribution in [3.63, 3.8) is 0 Å². The van der Waals surface area contributed by atoms with Gasteiger partial charge in [-0.25, -0.2) is 9.78 Å². The summed E-state index contributed by atoms with van der Waals surface area (Å²) in [5, 5.41) is 11.3. The van der Waals surface area contributed by atoms with Gasteiger partial charge in [0.05, 0.1) is 11.5 Å². The molecule has 7 heteroatoms. The number of nitro groups is 1. The molecule has 0 atom stereocenters. The predicted molar refractivity (Wildman–Crippen MR) is 67.0 cm³/mol. The highest BCUT2D eigenvalue weighted by Crippen LogP contribution is 2.31. The van der Waals surface area contributed by atoms with E-state index in [1.807, 2.05) is 0 Å². The summed E-state index contributed by atoms with van der Waals surface area (Å²) in [6.45, 7) is 3.75. The highest BCUT2D eigenvalue weighted by atomic mass is 32.1. The van der Waals surface area contributed by atoms with E-state index in [1.54, 1.807) is 13.8 Å². The molecule has 0 aliphatic rings. The van der Waals surface area contributed by atoms with Crippen LogP contribution in [-0.2, 0) is 4.74 Å². The number of aryl methyl sites for hydroxylation is 1. The number of esters is 1. The third kappa shape index (κ3) is 2.04. The zero-order chi connectivity index (χ0) is 13.3. The molecule has 6 nitrogen and oxygen atoms in total. The second-order valence-electron chi connectivity index (χ2n) is 3.58. The fourth-order valence-electron chi connectivity index (χ4n) is 1.58. The van der Waals surface area contributed by atoms with Crippen LogP contribution in [0.3, 0.4) is 0 Å². The van der Waals surface area contributed by atoms with Crippen molar-refractivity contribution in [2.24, 2.45) is 0 Å². The zero-order valence-corrected chi connectivity index (χ0v) is 10.6. The van der Waals surface area contributed by atoms with Gasteiger partial charge in [-0.05, 0) is 19.4 Å². The fraction of sp³-hybridized carbons (Fsp3) is 0.273. The lowest BCUT2D eigenvalue weighted by atomic mass is 10.2. The van der Waals surface area contributed by atoms with Gasteiger partial charge in [0.2, 0.25) is 0 Å². The van der Waals surface area contributed by atoms with Gasteiger partial charge < -0.3 is 4.74 Å². The van der Waals surface area contributed by atoms with Crippen molar-refractivity contribution in [1.82, 2.24) is 4.98 Å². The van der Waals surface area contributed by atoms with E-state index in [4.69, 9.17) is 4.74 Å². The molecule has 0 fully saturated rings. The molecule has 0 saturated heterocycles. The Kier molecular flexibility index (Phi) is 3.24. The van der Waals surface area contributed by atoms with Gasteiger partial charge in [-0.1, -0.05) is 0 Å². The molecule has 0 aliphatic heterocycles. The van der Waals surface area contributed by atoms with E-state index in [1.165, 1.54) is 23.6 Å². The standard InChI is InChI=1S/C11H10N2O4S/c1-3-17-11(14)9-6(2)8-4-7(13(15)16)5-12-10(8)18-9/h4-5H,3H2,1-2H3. The van der Waals surface area contributed by atoms with Crippen LogP contribution >= 0.6 is 11.3 Å². The maximum Gasteiger partial charge on any atom is 0.348 e. The first kappa shape index (κ1) is 12.4. The third-order valence-electron chi connectivity index (χ3n) is 2.45. The molecule has 18 heavy (non-hydrogen) atoms. The van der Waals surface area contributed by atoms with Gasteiger partial charge in [0, 0.05) is 11.5 Å². The lowest BCUT2D eigenvalue weighted by molar-refractivity contribution is -0.385. The van der Waals surface area contributed by atoms with E-state index >= 15 is 0 Å². The maximum atomic E-state index is 11.7. The van der Waals surface area contributed by atoms with Gasteiger partial charge in [0.25, 0.3) is 5.69 Å². The van der Waals surface area contributed by atoms with Crippen LogP contribution < -0.4 is 0 Å². The Morgan fingerprint density at radius 1 is 1.61 bits per heavy atom. The summed E-state index contributed by atoms with van der Waals surface area (Å²) < 4.78 is 4.93. The van der Waals surface area contributed by atoms with Gasteiger partial charge in [-0.2, -0.15) is 0 Å². The van der Waals surface area contributed by atoms with Crippen LogP contribution in [0, 0.1) is 17.0 Å². The van der Waals surface area contributed by atoms with Crippen LogP contribution in [0.4, 0.5) is 5.69 Å². The van der Waals surface area contributed by atoms with Crippen LogP contribution in [0.1, 0.15) is 22.2 Å². The normalized spacial score (nSPS) is 10.6. The number of ether oxygens (including phenoxy) is 1. The Hall–Kier alpha value is -2.02. The van der Waals surface area contributed by atoms with Crippen molar-refractivity contribution in [2.45, 2.75) is 13.8 Å². The predicted octanol–water partition coefficient (Wildman–Crippen LogP) is 2.69. The minimum Gasteiger partial charge on any atom is -0.462 e. The smallest absolute Gasteiger partial charge is 0.348 e. The molecule has 0 bridgehead atoms. The maximum absolute atomic E-state index is 11.7. The Labute approximate surface area is 106 Å². The van der Waals surface area contributed by atoms with E-state index in [9.17, 15) is 14.9 Å². The number of hydrogen-bond acceptors (Lipinski definition) is 6. The van der Waals surface area contributed by atoms with Crippen molar-refractivity contribution in [2.75, 3.05) is 6.61 Å². The van der Waals surface area contributed by atoms with Crippen molar-refractivity contribution in [3.8, 4) is 0 Å². The number of carbonyl (C=O) groups is 1. The monoisotopic (exact) mass is 266 g/mol. The lowest BCUT2D eigenvalue weighted by Gasteiger charge is -1.98. The van der Waals surface area contributed by atoms with Gasteiger partial charge in [0.1, 0.15) is 15.9 Å². The van der Waals surface area contributed by atoms with E-state index in [2.05, 4.69) is 4.98 Å². The van der Waals surface area contributed by atoms with Crippen LogP contribution in [0.5, 0.6) is 0 Å². The van der Waals surface area contributed by atoms with Crippen LogP contribution in [0.25, 0.3) is 10.2 Å². The molecule has 2 aromatic heterocycles. The molecule has 2 rings (SSSR count). The zero-order valence-electron chi connectivity index (χ0n) is 9.80. The van der Waals surface area contributed by atoms with Crippen LogP contribution in [0.2, 0.25) is 0 Å². The number of fused-ring (bicyclic) bond motifs is 1. The number of aromatic nitrogens is 1. The van der Waals surface area contributed by atoms with E-state index < -0.39 is 10.9 Å². The number of rotatable bonds is 3.